The smallest absolute Gasteiger partial charge is 0.326 e. The molecule has 13 heteroatoms. The van der Waals surface area contributed by atoms with Crippen molar-refractivity contribution in [1.82, 2.24) is 16.0 Å². The van der Waals surface area contributed by atoms with E-state index in [0.29, 0.717) is 12.2 Å². The predicted molar refractivity (Wildman–Crippen MR) is 120 cm³/mol. The van der Waals surface area contributed by atoms with Crippen molar-refractivity contribution >= 4 is 54.1 Å². The number of hydrogen-bond donors (Lipinski definition) is 7. The zero-order valence-electron chi connectivity index (χ0n) is 17.8. The van der Waals surface area contributed by atoms with Crippen molar-refractivity contribution in [3.63, 3.8) is 0 Å². The fraction of sp³-hybridized carbons (Fsp3) is 0.722. The van der Waals surface area contributed by atoms with Crippen LogP contribution in [0.15, 0.2) is 0 Å². The number of amides is 3. The SMILES string of the molecule is CSCCC(N)C(=O)NC(CS)C(=O)NC(C(=O)NC(CCC(=O)O)C(=O)O)C(C)C. The first-order valence-electron chi connectivity index (χ1n) is 9.65. The first-order chi connectivity index (χ1) is 14.4. The molecule has 0 aliphatic rings. The lowest BCUT2D eigenvalue weighted by Gasteiger charge is -2.26. The molecular formula is C18H32N4O7S2. The lowest BCUT2D eigenvalue weighted by molar-refractivity contribution is -0.143. The van der Waals surface area contributed by atoms with Gasteiger partial charge in [0.05, 0.1) is 6.04 Å². The lowest BCUT2D eigenvalue weighted by atomic mass is 10.0. The first kappa shape index (κ1) is 29.0. The second-order valence-electron chi connectivity index (χ2n) is 7.19. The number of thioether (sulfide) groups is 1. The van der Waals surface area contributed by atoms with Crippen molar-refractivity contribution in [2.75, 3.05) is 17.8 Å². The molecule has 4 atom stereocenters. The van der Waals surface area contributed by atoms with E-state index in [1.165, 1.54) is 11.8 Å². The highest BCUT2D eigenvalue weighted by atomic mass is 32.2. The van der Waals surface area contributed by atoms with Gasteiger partial charge >= 0.3 is 11.9 Å². The van der Waals surface area contributed by atoms with E-state index in [-0.39, 0.29) is 12.2 Å². The van der Waals surface area contributed by atoms with Crippen LogP contribution < -0.4 is 21.7 Å². The van der Waals surface area contributed by atoms with E-state index in [1.54, 1.807) is 13.8 Å². The number of carbonyl (C=O) groups is 5. The molecule has 4 unspecified atom stereocenters. The van der Waals surface area contributed by atoms with E-state index in [1.807, 2.05) is 6.26 Å². The summed E-state index contributed by atoms with van der Waals surface area (Å²) < 4.78 is 0. The number of rotatable bonds is 15. The average Bonchev–Trinajstić information content (AvgIpc) is 2.69. The number of thiol groups is 1. The Morgan fingerprint density at radius 1 is 0.935 bits per heavy atom. The largest absolute Gasteiger partial charge is 0.481 e. The van der Waals surface area contributed by atoms with E-state index >= 15 is 0 Å². The van der Waals surface area contributed by atoms with Crippen LogP contribution in [0.1, 0.15) is 33.1 Å². The number of carboxylic acids is 2. The molecule has 0 aromatic heterocycles. The molecule has 11 nitrogen and oxygen atoms in total. The number of aliphatic carboxylic acids is 2. The van der Waals surface area contributed by atoms with Gasteiger partial charge < -0.3 is 31.9 Å². The van der Waals surface area contributed by atoms with Crippen LogP contribution in [0.25, 0.3) is 0 Å². The van der Waals surface area contributed by atoms with Gasteiger partial charge in [-0.25, -0.2) is 4.79 Å². The molecule has 0 saturated heterocycles. The Bertz CT molecular complexity index is 648. The average molecular weight is 481 g/mol. The molecule has 0 fully saturated rings. The summed E-state index contributed by atoms with van der Waals surface area (Å²) in [7, 11) is 0. The van der Waals surface area contributed by atoms with Gasteiger partial charge in [-0.1, -0.05) is 13.8 Å². The maximum absolute atomic E-state index is 12.6. The monoisotopic (exact) mass is 480 g/mol. The van der Waals surface area contributed by atoms with Gasteiger partial charge in [0.25, 0.3) is 0 Å². The molecule has 0 aliphatic heterocycles. The van der Waals surface area contributed by atoms with Crippen molar-refractivity contribution in [1.29, 1.82) is 0 Å². The van der Waals surface area contributed by atoms with E-state index in [9.17, 15) is 29.1 Å². The standard InChI is InChI=1S/C18H32N4O7S2/c1-9(2)14(17(27)20-11(18(28)29)4-5-13(23)24)22-16(26)12(8-30)21-15(25)10(19)6-7-31-3/h9-12,14,30H,4-8,19H2,1-3H3,(H,20,27)(H,21,25)(H,22,26)(H,23,24)(H,28,29). The van der Waals surface area contributed by atoms with Crippen molar-refractivity contribution in [3.05, 3.63) is 0 Å². The second-order valence-corrected chi connectivity index (χ2v) is 8.54. The molecule has 0 rings (SSSR count). The molecule has 7 N–H and O–H groups in total. The Kier molecular flexibility index (Phi) is 14.0. The Morgan fingerprint density at radius 2 is 1.52 bits per heavy atom. The minimum atomic E-state index is -1.42. The van der Waals surface area contributed by atoms with Gasteiger partial charge in [0.1, 0.15) is 18.1 Å². The molecule has 0 aromatic rings. The maximum Gasteiger partial charge on any atom is 0.326 e. The highest BCUT2D eigenvalue weighted by Gasteiger charge is 2.31. The summed E-state index contributed by atoms with van der Waals surface area (Å²) in [5.74, 6) is -4.34. The van der Waals surface area contributed by atoms with Crippen LogP contribution in [0, 0.1) is 5.92 Å². The molecule has 3 amide bonds. The van der Waals surface area contributed by atoms with Gasteiger partial charge in [-0.05, 0) is 30.8 Å². The second kappa shape index (κ2) is 14.9. The fourth-order valence-electron chi connectivity index (χ4n) is 2.42. The van der Waals surface area contributed by atoms with Crippen LogP contribution in [0.2, 0.25) is 0 Å². The first-order valence-corrected chi connectivity index (χ1v) is 11.7. The summed E-state index contributed by atoms with van der Waals surface area (Å²) in [6.45, 7) is 3.29. The summed E-state index contributed by atoms with van der Waals surface area (Å²) in [5, 5.41) is 25.2. The van der Waals surface area contributed by atoms with Crippen molar-refractivity contribution in [2.45, 2.75) is 57.3 Å². The van der Waals surface area contributed by atoms with Crippen molar-refractivity contribution in [2.24, 2.45) is 11.7 Å². The summed E-state index contributed by atoms with van der Waals surface area (Å²) in [5.41, 5.74) is 5.79. The molecule has 0 saturated carbocycles. The third-order valence-electron chi connectivity index (χ3n) is 4.29. The molecule has 0 aromatic carbocycles. The van der Waals surface area contributed by atoms with Gasteiger partial charge in [0.15, 0.2) is 0 Å². The van der Waals surface area contributed by atoms with Gasteiger partial charge in [-0.3, -0.25) is 19.2 Å². The highest BCUT2D eigenvalue weighted by Crippen LogP contribution is 2.06. The zero-order valence-corrected chi connectivity index (χ0v) is 19.5. The van der Waals surface area contributed by atoms with Crippen LogP contribution in [0.5, 0.6) is 0 Å². The van der Waals surface area contributed by atoms with Crippen molar-refractivity contribution in [3.8, 4) is 0 Å². The summed E-state index contributed by atoms with van der Waals surface area (Å²) in [6.07, 6.45) is 1.55. The van der Waals surface area contributed by atoms with Gasteiger partial charge in [0.2, 0.25) is 17.7 Å². The summed E-state index contributed by atoms with van der Waals surface area (Å²) in [6, 6.07) is -4.37. The van der Waals surface area contributed by atoms with E-state index in [4.69, 9.17) is 10.8 Å². The van der Waals surface area contributed by atoms with E-state index < -0.39 is 66.2 Å². The number of hydrogen-bond acceptors (Lipinski definition) is 8. The molecule has 0 bridgehead atoms. The van der Waals surface area contributed by atoms with E-state index in [2.05, 4.69) is 28.6 Å². The molecule has 0 radical (unpaired) electrons. The predicted octanol–water partition coefficient (Wildman–Crippen LogP) is -0.944. The van der Waals surface area contributed by atoms with Crippen LogP contribution in [0.4, 0.5) is 0 Å². The number of nitrogens with one attached hydrogen (secondary N) is 3. The van der Waals surface area contributed by atoms with Crippen LogP contribution in [0.3, 0.4) is 0 Å². The van der Waals surface area contributed by atoms with Gasteiger partial charge in [0, 0.05) is 12.2 Å². The molecule has 31 heavy (non-hydrogen) atoms. The topological polar surface area (TPSA) is 188 Å². The lowest BCUT2D eigenvalue weighted by Crippen LogP contribution is -2.59. The molecule has 0 aliphatic carbocycles. The Labute approximate surface area is 191 Å². The quantitative estimate of drug-likeness (QED) is 0.145. The van der Waals surface area contributed by atoms with Gasteiger partial charge in [-0.15, -0.1) is 0 Å². The highest BCUT2D eigenvalue weighted by molar-refractivity contribution is 7.98. The fourth-order valence-corrected chi connectivity index (χ4v) is 3.17. The summed E-state index contributed by atoms with van der Waals surface area (Å²) >= 11 is 5.60. The molecule has 0 heterocycles. The van der Waals surface area contributed by atoms with Crippen LogP contribution >= 0.6 is 24.4 Å². The third kappa shape index (κ3) is 11.3. The Hall–Kier alpha value is -1.99. The van der Waals surface area contributed by atoms with Crippen LogP contribution in [-0.4, -0.2) is 81.8 Å². The minimum Gasteiger partial charge on any atom is -0.481 e. The van der Waals surface area contributed by atoms with Gasteiger partial charge in [-0.2, -0.15) is 24.4 Å². The molecule has 0 spiro atoms. The molecule has 178 valence electrons. The minimum absolute atomic E-state index is 0.0460. The maximum atomic E-state index is 12.6. The molecular weight excluding hydrogens is 448 g/mol. The Morgan fingerprint density at radius 3 is 1.97 bits per heavy atom. The van der Waals surface area contributed by atoms with E-state index in [0.717, 1.165) is 0 Å². The Balaban J connectivity index is 5.13. The van der Waals surface area contributed by atoms with Crippen molar-refractivity contribution < 1.29 is 34.2 Å². The van der Waals surface area contributed by atoms with Crippen LogP contribution in [-0.2, 0) is 24.0 Å². The third-order valence-corrected chi connectivity index (χ3v) is 5.30. The number of carboxylic acid groups (broad SMARTS) is 2. The number of carbonyl (C=O) groups excluding carboxylic acids is 3. The summed E-state index contributed by atoms with van der Waals surface area (Å²) in [4.78, 5) is 59.4. The normalized spacial score (nSPS) is 14.8. The zero-order chi connectivity index (χ0) is 24.1. The number of nitrogens with two attached hydrogens (primary N) is 1.